The van der Waals surface area contributed by atoms with Crippen LogP contribution >= 0.6 is 11.6 Å². The average molecular weight is 390 g/mol. The summed E-state index contributed by atoms with van der Waals surface area (Å²) in [5, 5.41) is 10.9. The molecule has 0 aliphatic rings. The number of nitrogens with zero attached hydrogens (tertiary/aromatic N) is 4. The average Bonchev–Trinajstić information content (AvgIpc) is 2.98. The number of hydrogen-bond donors (Lipinski definition) is 1. The first kappa shape index (κ1) is 18.8. The van der Waals surface area contributed by atoms with Crippen LogP contribution in [0.3, 0.4) is 0 Å². The lowest BCUT2D eigenvalue weighted by atomic mass is 10.1. The van der Waals surface area contributed by atoms with Gasteiger partial charge in [0.05, 0.1) is 5.69 Å². The molecule has 0 unspecified atom stereocenters. The molecule has 1 amide bonds. The second-order valence-electron chi connectivity index (χ2n) is 5.91. The number of aryl methyl sites for hydroxylation is 2. The number of aromatic nitrogens is 4. The number of carbonyl (C=O) groups excluding carboxylic acids is 1. The Bertz CT molecular complexity index is 992. The number of rotatable bonds is 4. The predicted octanol–water partition coefficient (Wildman–Crippen LogP) is 4.29. The summed E-state index contributed by atoms with van der Waals surface area (Å²) in [6, 6.07) is 10.3. The van der Waals surface area contributed by atoms with E-state index in [0.717, 1.165) is 0 Å². The Morgan fingerprint density at radius 2 is 2.04 bits per heavy atom. The summed E-state index contributed by atoms with van der Waals surface area (Å²) in [6.07, 6.45) is -1.29. The lowest BCUT2D eigenvalue weighted by Crippen LogP contribution is -2.18. The van der Waals surface area contributed by atoms with E-state index in [-0.39, 0.29) is 17.2 Å². The fourth-order valence-corrected chi connectivity index (χ4v) is 2.75. The quantitative estimate of drug-likeness (QED) is 0.673. The van der Waals surface area contributed by atoms with Gasteiger partial charge in [-0.15, -0.1) is 5.10 Å². The van der Waals surface area contributed by atoms with Crippen LogP contribution in [-0.2, 0) is 11.8 Å². The minimum Gasteiger partial charge on any atom is -0.441 e. The molecule has 1 aromatic carbocycles. The minimum atomic E-state index is -0.721. The highest BCUT2D eigenvalue weighted by Crippen LogP contribution is 2.27. The van der Waals surface area contributed by atoms with Crippen LogP contribution in [0, 0.1) is 12.9 Å². The van der Waals surface area contributed by atoms with Gasteiger partial charge < -0.3 is 4.74 Å². The molecule has 7 nitrogen and oxygen atoms in total. The lowest BCUT2D eigenvalue weighted by molar-refractivity contribution is 0.121. The number of benzene rings is 1. The van der Waals surface area contributed by atoms with Crippen molar-refractivity contribution in [1.82, 2.24) is 20.0 Å². The Morgan fingerprint density at radius 1 is 1.30 bits per heavy atom. The first-order chi connectivity index (χ1) is 12.9. The van der Waals surface area contributed by atoms with Gasteiger partial charge in [0.2, 0.25) is 5.95 Å². The van der Waals surface area contributed by atoms with Crippen molar-refractivity contribution in [3.8, 4) is 11.4 Å². The van der Waals surface area contributed by atoms with Gasteiger partial charge in [-0.05, 0) is 26.0 Å². The van der Waals surface area contributed by atoms with Crippen molar-refractivity contribution in [2.45, 2.75) is 20.0 Å². The molecule has 2 aromatic heterocycles. The molecule has 3 rings (SSSR count). The number of pyridine rings is 1. The summed E-state index contributed by atoms with van der Waals surface area (Å²) < 4.78 is 20.5. The van der Waals surface area contributed by atoms with E-state index in [4.69, 9.17) is 16.3 Å². The maximum Gasteiger partial charge on any atom is 0.413 e. The predicted molar refractivity (Wildman–Crippen MR) is 98.9 cm³/mol. The molecule has 0 aliphatic heterocycles. The van der Waals surface area contributed by atoms with E-state index < -0.39 is 18.1 Å². The minimum absolute atomic E-state index is 0.235. The van der Waals surface area contributed by atoms with E-state index >= 15 is 0 Å². The topological polar surface area (TPSA) is 81.9 Å². The van der Waals surface area contributed by atoms with Gasteiger partial charge in [-0.3, -0.25) is 5.32 Å². The van der Waals surface area contributed by atoms with Gasteiger partial charge in [-0.1, -0.05) is 41.1 Å². The van der Waals surface area contributed by atoms with Crippen LogP contribution in [0.25, 0.3) is 11.4 Å². The molecule has 1 atom stereocenters. The fourth-order valence-electron chi connectivity index (χ4n) is 2.46. The molecule has 0 saturated heterocycles. The first-order valence-electron chi connectivity index (χ1n) is 8.12. The van der Waals surface area contributed by atoms with E-state index in [2.05, 4.69) is 20.6 Å². The Labute approximate surface area is 160 Å². The van der Waals surface area contributed by atoms with Crippen molar-refractivity contribution in [3.63, 3.8) is 0 Å². The second-order valence-corrected chi connectivity index (χ2v) is 6.32. The van der Waals surface area contributed by atoms with E-state index in [1.54, 1.807) is 57.3 Å². The zero-order chi connectivity index (χ0) is 19.6. The van der Waals surface area contributed by atoms with E-state index in [9.17, 15) is 9.18 Å². The van der Waals surface area contributed by atoms with Crippen molar-refractivity contribution >= 4 is 23.5 Å². The molecule has 1 N–H and O–H groups in total. The monoisotopic (exact) mass is 389 g/mol. The Hall–Kier alpha value is -3.00. The SMILES string of the molecule is Cc1ccc(-c2nnn(C)c2NC(=O)O[C@H](C)c2ccccc2Cl)nc1F. The summed E-state index contributed by atoms with van der Waals surface area (Å²) in [5.74, 6) is -0.374. The van der Waals surface area contributed by atoms with Gasteiger partial charge in [0, 0.05) is 23.2 Å². The van der Waals surface area contributed by atoms with E-state index in [1.807, 2.05) is 0 Å². The molecule has 9 heteroatoms. The third kappa shape index (κ3) is 4.06. The van der Waals surface area contributed by atoms with Crippen LogP contribution in [0.2, 0.25) is 5.02 Å². The zero-order valence-electron chi connectivity index (χ0n) is 14.9. The second kappa shape index (κ2) is 7.71. The molecule has 27 heavy (non-hydrogen) atoms. The van der Waals surface area contributed by atoms with E-state index in [0.29, 0.717) is 16.1 Å². The van der Waals surface area contributed by atoms with Crippen molar-refractivity contribution in [1.29, 1.82) is 0 Å². The van der Waals surface area contributed by atoms with Gasteiger partial charge in [-0.25, -0.2) is 14.5 Å². The molecular weight excluding hydrogens is 373 g/mol. The largest absolute Gasteiger partial charge is 0.441 e. The highest BCUT2D eigenvalue weighted by molar-refractivity contribution is 6.31. The molecule has 0 radical (unpaired) electrons. The number of nitrogens with one attached hydrogen (secondary N) is 1. The Kier molecular flexibility index (Phi) is 5.36. The highest BCUT2D eigenvalue weighted by Gasteiger charge is 2.20. The smallest absolute Gasteiger partial charge is 0.413 e. The van der Waals surface area contributed by atoms with Crippen molar-refractivity contribution in [2.75, 3.05) is 5.32 Å². The van der Waals surface area contributed by atoms with Crippen molar-refractivity contribution in [3.05, 3.63) is 58.5 Å². The van der Waals surface area contributed by atoms with E-state index in [1.165, 1.54) is 4.68 Å². The van der Waals surface area contributed by atoms with Gasteiger partial charge in [0.25, 0.3) is 0 Å². The first-order valence-corrected chi connectivity index (χ1v) is 8.50. The lowest BCUT2D eigenvalue weighted by Gasteiger charge is -2.15. The molecule has 0 bridgehead atoms. The normalized spacial score (nSPS) is 11.9. The van der Waals surface area contributed by atoms with Crippen LogP contribution in [0.5, 0.6) is 0 Å². The third-order valence-electron chi connectivity index (χ3n) is 3.95. The van der Waals surface area contributed by atoms with Gasteiger partial charge in [-0.2, -0.15) is 4.39 Å². The van der Waals surface area contributed by atoms with Gasteiger partial charge >= 0.3 is 6.09 Å². The van der Waals surface area contributed by atoms with Crippen LogP contribution in [0.4, 0.5) is 15.0 Å². The molecular formula is C18H17ClFN5O2. The molecule has 0 saturated carbocycles. The number of carbonyl (C=O) groups is 1. The van der Waals surface area contributed by atoms with Crippen LogP contribution in [0.1, 0.15) is 24.2 Å². The third-order valence-corrected chi connectivity index (χ3v) is 4.30. The van der Waals surface area contributed by atoms with Crippen LogP contribution in [-0.4, -0.2) is 26.1 Å². The Morgan fingerprint density at radius 3 is 2.74 bits per heavy atom. The maximum absolute atomic E-state index is 13.8. The fraction of sp³-hybridized carbons (Fsp3) is 0.222. The van der Waals surface area contributed by atoms with Crippen molar-refractivity contribution < 1.29 is 13.9 Å². The van der Waals surface area contributed by atoms with Crippen LogP contribution in [0.15, 0.2) is 36.4 Å². The number of anilines is 1. The number of halogens is 2. The van der Waals surface area contributed by atoms with Crippen molar-refractivity contribution in [2.24, 2.45) is 7.05 Å². The standard InChI is InChI=1S/C18H17ClFN5O2/c1-10-8-9-14(21-16(10)20)15-17(25(3)24-23-15)22-18(26)27-11(2)12-6-4-5-7-13(12)19/h4-9,11H,1-3H3,(H,22,26)/t11-/m1/s1. The zero-order valence-corrected chi connectivity index (χ0v) is 15.7. The number of ether oxygens (including phenoxy) is 1. The molecule has 3 aromatic rings. The molecule has 0 aliphatic carbocycles. The number of hydrogen-bond acceptors (Lipinski definition) is 5. The van der Waals surface area contributed by atoms with Gasteiger partial charge in [0.15, 0.2) is 11.5 Å². The van der Waals surface area contributed by atoms with Crippen LogP contribution < -0.4 is 5.32 Å². The molecule has 0 fully saturated rings. The summed E-state index contributed by atoms with van der Waals surface area (Å²) in [7, 11) is 1.59. The highest BCUT2D eigenvalue weighted by atomic mass is 35.5. The summed E-state index contributed by atoms with van der Waals surface area (Å²) in [4.78, 5) is 16.2. The summed E-state index contributed by atoms with van der Waals surface area (Å²) >= 11 is 6.12. The maximum atomic E-state index is 13.8. The molecule has 2 heterocycles. The summed E-state index contributed by atoms with van der Waals surface area (Å²) in [5.41, 5.74) is 1.57. The molecule has 0 spiro atoms. The number of amides is 1. The Balaban J connectivity index is 1.79. The molecule has 140 valence electrons. The summed E-state index contributed by atoms with van der Waals surface area (Å²) in [6.45, 7) is 3.31. The van der Waals surface area contributed by atoms with Gasteiger partial charge in [0.1, 0.15) is 6.10 Å².